The second-order valence-corrected chi connectivity index (χ2v) is 5.72. The number of carbonyl (C=O) groups is 1. The topological polar surface area (TPSA) is 75.9 Å². The van der Waals surface area contributed by atoms with Gasteiger partial charge in [-0.05, 0) is 45.0 Å². The van der Waals surface area contributed by atoms with Gasteiger partial charge in [-0.15, -0.1) is 0 Å². The molecule has 0 spiro atoms. The lowest BCUT2D eigenvalue weighted by atomic mass is 10.0. The zero-order chi connectivity index (χ0) is 17.9. The van der Waals surface area contributed by atoms with Crippen LogP contribution in [0.15, 0.2) is 24.3 Å². The van der Waals surface area contributed by atoms with Gasteiger partial charge in [0.2, 0.25) is 0 Å². The number of nitrogens with zero attached hydrogens (tertiary/aromatic N) is 3. The first-order valence-corrected chi connectivity index (χ1v) is 7.57. The summed E-state index contributed by atoms with van der Waals surface area (Å²) in [6, 6.07) is 7.26. The lowest BCUT2D eigenvalue weighted by molar-refractivity contribution is -0.125. The second-order valence-electron chi connectivity index (χ2n) is 5.31. The van der Waals surface area contributed by atoms with Crippen molar-refractivity contribution >= 4 is 17.4 Å². The van der Waals surface area contributed by atoms with Crippen molar-refractivity contribution in [3.8, 4) is 11.8 Å². The Hall–Kier alpha value is -2.52. The molecule has 124 valence electrons. The minimum atomic E-state index is -1.15. The molecule has 0 saturated carbocycles. The van der Waals surface area contributed by atoms with Crippen molar-refractivity contribution in [1.29, 1.82) is 5.26 Å². The van der Waals surface area contributed by atoms with Crippen LogP contribution in [0.25, 0.3) is 0 Å². The van der Waals surface area contributed by atoms with Crippen LogP contribution in [0.4, 0.5) is 4.39 Å². The van der Waals surface area contributed by atoms with Crippen molar-refractivity contribution in [3.05, 3.63) is 52.3 Å². The summed E-state index contributed by atoms with van der Waals surface area (Å²) in [4.78, 5) is 20.9. The molecule has 0 bridgehead atoms. The summed E-state index contributed by atoms with van der Waals surface area (Å²) in [5.74, 6) is -1.86. The molecule has 1 heterocycles. The van der Waals surface area contributed by atoms with E-state index in [1.165, 1.54) is 19.1 Å². The number of aromatic nitrogens is 2. The van der Waals surface area contributed by atoms with Crippen molar-refractivity contribution in [2.75, 3.05) is 0 Å². The molecule has 2 aromatic rings. The summed E-state index contributed by atoms with van der Waals surface area (Å²) in [5.41, 5.74) is 1.33. The quantitative estimate of drug-likeness (QED) is 0.827. The number of Topliss-reactive ketones (excluding diaryl/α,β-unsaturated/α-hetero) is 1. The third-order valence-corrected chi connectivity index (χ3v) is 3.57. The molecule has 0 aliphatic rings. The molecule has 0 unspecified atom stereocenters. The molecule has 0 aliphatic heterocycles. The predicted octanol–water partition coefficient (Wildman–Crippen LogP) is 3.53. The number of benzene rings is 1. The van der Waals surface area contributed by atoms with E-state index >= 15 is 0 Å². The monoisotopic (exact) mass is 347 g/mol. The van der Waals surface area contributed by atoms with E-state index in [-0.39, 0.29) is 16.6 Å². The van der Waals surface area contributed by atoms with E-state index in [1.54, 1.807) is 19.9 Å². The normalized spacial score (nSPS) is 13.0. The summed E-state index contributed by atoms with van der Waals surface area (Å²) in [6.07, 6.45) is -0.970. The van der Waals surface area contributed by atoms with Gasteiger partial charge in [0.1, 0.15) is 11.6 Å². The predicted molar refractivity (Wildman–Crippen MR) is 86.4 cm³/mol. The zero-order valence-corrected chi connectivity index (χ0v) is 14.1. The number of carbonyl (C=O) groups excluding carboxylic acids is 1. The Labute approximate surface area is 144 Å². The zero-order valence-electron chi connectivity index (χ0n) is 13.4. The average molecular weight is 348 g/mol. The minimum Gasteiger partial charge on any atom is -0.481 e. The Kier molecular flexibility index (Phi) is 5.47. The van der Waals surface area contributed by atoms with Crippen molar-refractivity contribution in [2.45, 2.75) is 32.8 Å². The molecule has 0 saturated heterocycles. The van der Waals surface area contributed by atoms with Crippen LogP contribution in [0, 0.1) is 31.0 Å². The van der Waals surface area contributed by atoms with Crippen molar-refractivity contribution in [3.63, 3.8) is 0 Å². The van der Waals surface area contributed by atoms with Gasteiger partial charge < -0.3 is 4.74 Å². The number of rotatable bonds is 5. The molecule has 0 amide bonds. The van der Waals surface area contributed by atoms with Gasteiger partial charge in [-0.1, -0.05) is 11.6 Å². The van der Waals surface area contributed by atoms with Gasteiger partial charge >= 0.3 is 0 Å². The summed E-state index contributed by atoms with van der Waals surface area (Å²) < 4.78 is 18.5. The van der Waals surface area contributed by atoms with Crippen molar-refractivity contribution in [1.82, 2.24) is 9.97 Å². The van der Waals surface area contributed by atoms with Crippen LogP contribution in [-0.2, 0) is 4.79 Å². The Morgan fingerprint density at radius 1 is 1.29 bits per heavy atom. The number of ether oxygens (including phenoxy) is 1. The molecule has 0 N–H and O–H groups in total. The Morgan fingerprint density at radius 3 is 2.46 bits per heavy atom. The number of nitriles is 1. The molecule has 2 rings (SSSR count). The van der Waals surface area contributed by atoms with E-state index in [0.717, 1.165) is 6.07 Å². The van der Waals surface area contributed by atoms with Crippen LogP contribution in [0.3, 0.4) is 0 Å². The fraction of sp³-hybridized carbons (Fsp3) is 0.294. The van der Waals surface area contributed by atoms with Crippen LogP contribution in [0.2, 0.25) is 5.02 Å². The number of aryl methyl sites for hydroxylation is 2. The van der Waals surface area contributed by atoms with E-state index < -0.39 is 23.6 Å². The van der Waals surface area contributed by atoms with Gasteiger partial charge in [-0.2, -0.15) is 5.26 Å². The first-order valence-electron chi connectivity index (χ1n) is 7.19. The number of ketones is 1. The van der Waals surface area contributed by atoms with Gasteiger partial charge in [0.25, 0.3) is 0 Å². The first kappa shape index (κ1) is 17.8. The maximum absolute atomic E-state index is 13.1. The summed E-state index contributed by atoms with van der Waals surface area (Å²) in [5, 5.41) is 9.40. The fourth-order valence-corrected chi connectivity index (χ4v) is 2.40. The largest absolute Gasteiger partial charge is 0.481 e. The average Bonchev–Trinajstić information content (AvgIpc) is 2.49. The summed E-state index contributed by atoms with van der Waals surface area (Å²) in [6.45, 7) is 5.01. The highest BCUT2D eigenvalue weighted by Crippen LogP contribution is 2.27. The molecule has 24 heavy (non-hydrogen) atoms. The van der Waals surface area contributed by atoms with Gasteiger partial charge in [0.05, 0.1) is 11.1 Å². The minimum absolute atomic E-state index is 0.0470. The highest BCUT2D eigenvalue weighted by atomic mass is 35.5. The lowest BCUT2D eigenvalue weighted by Gasteiger charge is -2.17. The highest BCUT2D eigenvalue weighted by Gasteiger charge is 2.29. The van der Waals surface area contributed by atoms with Crippen molar-refractivity contribution in [2.24, 2.45) is 0 Å². The molecule has 5 nitrogen and oxygen atoms in total. The summed E-state index contributed by atoms with van der Waals surface area (Å²) >= 11 is 5.88. The Morgan fingerprint density at radius 2 is 1.92 bits per heavy atom. The van der Waals surface area contributed by atoms with Crippen LogP contribution in [-0.4, -0.2) is 21.9 Å². The van der Waals surface area contributed by atoms with E-state index in [9.17, 15) is 14.4 Å². The fourth-order valence-electron chi connectivity index (χ4n) is 2.18. The molecule has 0 fully saturated rings. The molecule has 7 heteroatoms. The van der Waals surface area contributed by atoms with E-state index in [0.29, 0.717) is 11.4 Å². The Bertz CT molecular complexity index is 800. The molecule has 0 radical (unpaired) electrons. The van der Waals surface area contributed by atoms with E-state index in [2.05, 4.69) is 9.97 Å². The highest BCUT2D eigenvalue weighted by molar-refractivity contribution is 6.32. The number of hydrogen-bond acceptors (Lipinski definition) is 5. The molecular weight excluding hydrogens is 333 g/mol. The van der Waals surface area contributed by atoms with Crippen molar-refractivity contribution < 1.29 is 13.9 Å². The third-order valence-electron chi connectivity index (χ3n) is 3.27. The third kappa shape index (κ3) is 4.06. The number of halogens is 2. The lowest BCUT2D eigenvalue weighted by Crippen LogP contribution is -2.30. The Balaban J connectivity index is 2.23. The van der Waals surface area contributed by atoms with Gasteiger partial charge in [0, 0.05) is 11.4 Å². The van der Waals surface area contributed by atoms with Gasteiger partial charge in [-0.25, -0.2) is 14.4 Å². The smallest absolute Gasteiger partial charge is 0.197 e. The standard InChI is InChI=1S/C17H15ClFN3O2/c1-9-6-10(2)22-17(21-9)13(8-20)16(23)11(3)24-15-5-4-12(19)7-14(15)18/h4-7,11,13H,1-3H3/t11-,13+/m1/s1. The van der Waals surface area contributed by atoms with E-state index in [4.69, 9.17) is 16.3 Å². The SMILES string of the molecule is Cc1cc(C)nc([C@@H](C#N)C(=O)[C@@H](C)Oc2ccc(F)cc2Cl)n1. The van der Waals surface area contributed by atoms with Gasteiger partial charge in [-0.3, -0.25) is 4.79 Å². The second kappa shape index (κ2) is 7.37. The molecule has 1 aromatic carbocycles. The van der Waals surface area contributed by atoms with Crippen LogP contribution >= 0.6 is 11.6 Å². The van der Waals surface area contributed by atoms with Crippen LogP contribution < -0.4 is 4.74 Å². The van der Waals surface area contributed by atoms with Crippen LogP contribution in [0.1, 0.15) is 30.1 Å². The molecule has 1 aromatic heterocycles. The molecular formula is C17H15ClFN3O2. The molecule has 2 atom stereocenters. The van der Waals surface area contributed by atoms with Gasteiger partial charge in [0.15, 0.2) is 23.6 Å². The van der Waals surface area contributed by atoms with Crippen LogP contribution in [0.5, 0.6) is 5.75 Å². The molecule has 0 aliphatic carbocycles. The maximum Gasteiger partial charge on any atom is 0.197 e. The maximum atomic E-state index is 13.1. The summed E-state index contributed by atoms with van der Waals surface area (Å²) in [7, 11) is 0. The van der Waals surface area contributed by atoms with E-state index in [1.807, 2.05) is 6.07 Å². The number of hydrogen-bond donors (Lipinski definition) is 0. The first-order chi connectivity index (χ1) is 11.3.